The first-order valence-electron chi connectivity index (χ1n) is 11.7. The lowest BCUT2D eigenvalue weighted by molar-refractivity contribution is -0.157. The van der Waals surface area contributed by atoms with Crippen molar-refractivity contribution in [1.82, 2.24) is 9.47 Å². The number of imide groups is 1. The second kappa shape index (κ2) is 9.93. The van der Waals surface area contributed by atoms with Crippen LogP contribution < -0.4 is 0 Å². The molecular formula is C27H28N2O7. The third-order valence-electron chi connectivity index (χ3n) is 6.89. The highest BCUT2D eigenvalue weighted by Gasteiger charge is 2.50. The molecular weight excluding hydrogens is 464 g/mol. The molecule has 0 radical (unpaired) electrons. The first-order valence-corrected chi connectivity index (χ1v) is 11.7. The molecule has 9 nitrogen and oxygen atoms in total. The van der Waals surface area contributed by atoms with Crippen LogP contribution in [0, 0.1) is 25.7 Å². The molecule has 3 atom stereocenters. The standard InChI is InChI=1S/C27H28N2O7/c1-15-13-22(16(2)28(15)19-11-9-18(10-12-19)27(34)35-4)23(30)14-36-26(33)17(3)29-24(31)20-7-5-6-8-21(20)25(29)32/h5-6,9-13,17,20-21H,7-8,14H2,1-4H3. The Bertz CT molecular complexity index is 1250. The minimum atomic E-state index is -1.11. The average Bonchev–Trinajstić information content (AvgIpc) is 3.33. The molecule has 1 aliphatic carbocycles. The van der Waals surface area contributed by atoms with Crippen LogP contribution in [0.2, 0.25) is 0 Å². The van der Waals surface area contributed by atoms with Crippen molar-refractivity contribution in [3.8, 4) is 5.69 Å². The smallest absolute Gasteiger partial charge is 0.337 e. The third-order valence-corrected chi connectivity index (χ3v) is 6.89. The molecule has 188 valence electrons. The number of carbonyl (C=O) groups excluding carboxylic acids is 5. The van der Waals surface area contributed by atoms with Crippen LogP contribution in [0.3, 0.4) is 0 Å². The van der Waals surface area contributed by atoms with Gasteiger partial charge in [0.25, 0.3) is 0 Å². The number of allylic oxidation sites excluding steroid dienone is 2. The molecule has 1 aliphatic heterocycles. The zero-order valence-electron chi connectivity index (χ0n) is 20.6. The van der Waals surface area contributed by atoms with Gasteiger partial charge in [-0.2, -0.15) is 0 Å². The Hall–Kier alpha value is -4.01. The van der Waals surface area contributed by atoms with Crippen molar-refractivity contribution in [3.63, 3.8) is 0 Å². The normalized spacial score (nSPS) is 19.7. The zero-order chi connectivity index (χ0) is 26.1. The lowest BCUT2D eigenvalue weighted by atomic mass is 9.85. The van der Waals surface area contributed by atoms with Crippen LogP contribution in [0.1, 0.15) is 51.9 Å². The second-order valence-corrected chi connectivity index (χ2v) is 9.07. The van der Waals surface area contributed by atoms with E-state index < -0.39 is 42.2 Å². The maximum absolute atomic E-state index is 12.9. The summed E-state index contributed by atoms with van der Waals surface area (Å²) < 4.78 is 11.8. The highest BCUT2D eigenvalue weighted by atomic mass is 16.5. The van der Waals surface area contributed by atoms with Gasteiger partial charge in [-0.25, -0.2) is 9.59 Å². The number of carbonyl (C=O) groups is 5. The summed E-state index contributed by atoms with van der Waals surface area (Å²) in [6.45, 7) is 4.54. The van der Waals surface area contributed by atoms with Gasteiger partial charge < -0.3 is 14.0 Å². The Morgan fingerprint density at radius 2 is 1.58 bits per heavy atom. The summed E-state index contributed by atoms with van der Waals surface area (Å²) in [5.74, 6) is -3.26. The van der Waals surface area contributed by atoms with E-state index in [1.165, 1.54) is 14.0 Å². The summed E-state index contributed by atoms with van der Waals surface area (Å²) >= 11 is 0. The SMILES string of the molecule is COC(=O)c1ccc(-n2c(C)cc(C(=O)COC(=O)C(C)N3C(=O)C4CC=CCC4C3=O)c2C)cc1. The highest BCUT2D eigenvalue weighted by Crippen LogP contribution is 2.36. The minimum Gasteiger partial charge on any atom is -0.465 e. The zero-order valence-corrected chi connectivity index (χ0v) is 20.6. The van der Waals surface area contributed by atoms with Crippen molar-refractivity contribution in [1.29, 1.82) is 0 Å². The van der Waals surface area contributed by atoms with Crippen LogP contribution in [-0.2, 0) is 23.9 Å². The summed E-state index contributed by atoms with van der Waals surface area (Å²) in [5, 5.41) is 0. The Morgan fingerprint density at radius 1 is 1.00 bits per heavy atom. The van der Waals surface area contributed by atoms with Gasteiger partial charge >= 0.3 is 11.9 Å². The van der Waals surface area contributed by atoms with Crippen molar-refractivity contribution in [2.75, 3.05) is 13.7 Å². The quantitative estimate of drug-likeness (QED) is 0.253. The number of methoxy groups -OCH3 is 1. The first kappa shape index (κ1) is 25.1. The predicted octanol–water partition coefficient (Wildman–Crippen LogP) is 2.95. The molecule has 4 rings (SSSR count). The van der Waals surface area contributed by atoms with Crippen LogP contribution in [0.5, 0.6) is 0 Å². The Morgan fingerprint density at radius 3 is 2.14 bits per heavy atom. The summed E-state index contributed by atoms with van der Waals surface area (Å²) in [6.07, 6.45) is 4.71. The molecule has 0 N–H and O–H groups in total. The number of hydrogen-bond acceptors (Lipinski definition) is 7. The van der Waals surface area contributed by atoms with E-state index in [0.29, 0.717) is 29.7 Å². The lowest BCUT2D eigenvalue weighted by Gasteiger charge is -2.21. The number of aryl methyl sites for hydroxylation is 1. The molecule has 0 spiro atoms. The van der Waals surface area contributed by atoms with Crippen molar-refractivity contribution in [3.05, 3.63) is 65.0 Å². The number of fused-ring (bicyclic) bond motifs is 1. The first-order chi connectivity index (χ1) is 17.1. The van der Waals surface area contributed by atoms with Crippen LogP contribution in [0.25, 0.3) is 5.69 Å². The maximum atomic E-state index is 12.9. The van der Waals surface area contributed by atoms with Gasteiger partial charge in [-0.15, -0.1) is 0 Å². The molecule has 1 aromatic heterocycles. The van der Waals surface area contributed by atoms with E-state index in [1.54, 1.807) is 37.3 Å². The molecule has 1 fully saturated rings. The molecule has 0 saturated carbocycles. The molecule has 2 heterocycles. The fourth-order valence-electron chi connectivity index (χ4n) is 4.95. The minimum absolute atomic E-state index is 0.369. The van der Waals surface area contributed by atoms with Gasteiger partial charge in [-0.05, 0) is 63.9 Å². The van der Waals surface area contributed by atoms with Crippen molar-refractivity contribution < 1.29 is 33.4 Å². The monoisotopic (exact) mass is 492 g/mol. The average molecular weight is 493 g/mol. The fourth-order valence-corrected chi connectivity index (χ4v) is 4.95. The van der Waals surface area contributed by atoms with Crippen LogP contribution >= 0.6 is 0 Å². The molecule has 3 unspecified atom stereocenters. The lowest BCUT2D eigenvalue weighted by Crippen LogP contribution is -2.44. The van der Waals surface area contributed by atoms with Gasteiger partial charge in [0.05, 0.1) is 24.5 Å². The van der Waals surface area contributed by atoms with Crippen LogP contribution in [0.15, 0.2) is 42.5 Å². The van der Waals surface area contributed by atoms with E-state index in [0.717, 1.165) is 16.3 Å². The predicted molar refractivity (Wildman–Crippen MR) is 129 cm³/mol. The number of ketones is 1. The van der Waals surface area contributed by atoms with Gasteiger partial charge in [-0.3, -0.25) is 19.3 Å². The number of amides is 2. The van der Waals surface area contributed by atoms with Gasteiger partial charge in [0, 0.05) is 22.6 Å². The van der Waals surface area contributed by atoms with E-state index in [9.17, 15) is 24.0 Å². The number of aromatic nitrogens is 1. The number of ether oxygens (including phenoxy) is 2. The third kappa shape index (κ3) is 4.36. The largest absolute Gasteiger partial charge is 0.465 e. The van der Waals surface area contributed by atoms with Gasteiger partial charge in [0.2, 0.25) is 17.6 Å². The summed E-state index contributed by atoms with van der Waals surface area (Å²) in [4.78, 5) is 63.7. The number of Topliss-reactive ketones (excluding diaryl/α,β-unsaturated/α-hetero) is 1. The van der Waals surface area contributed by atoms with Crippen molar-refractivity contribution in [2.45, 2.75) is 39.7 Å². The summed E-state index contributed by atoms with van der Waals surface area (Å²) in [5.41, 5.74) is 2.98. The number of rotatable bonds is 7. The number of esters is 2. The Kier molecular flexibility index (Phi) is 6.92. The van der Waals surface area contributed by atoms with E-state index in [4.69, 9.17) is 9.47 Å². The molecule has 9 heteroatoms. The topological polar surface area (TPSA) is 112 Å². The molecule has 2 amide bonds. The van der Waals surface area contributed by atoms with Crippen molar-refractivity contribution >= 4 is 29.5 Å². The Labute approximate surface area is 208 Å². The second-order valence-electron chi connectivity index (χ2n) is 9.07. The molecule has 1 aromatic carbocycles. The number of benzene rings is 1. The fraction of sp³-hybridized carbons (Fsp3) is 0.370. The summed E-state index contributed by atoms with van der Waals surface area (Å²) in [7, 11) is 1.31. The molecule has 1 saturated heterocycles. The van der Waals surface area contributed by atoms with E-state index >= 15 is 0 Å². The van der Waals surface area contributed by atoms with Gasteiger partial charge in [0.15, 0.2) is 6.61 Å². The molecule has 2 aromatic rings. The van der Waals surface area contributed by atoms with Gasteiger partial charge in [-0.1, -0.05) is 12.2 Å². The number of likely N-dealkylation sites (tertiary alicyclic amines) is 1. The number of hydrogen-bond donors (Lipinski definition) is 0. The highest BCUT2D eigenvalue weighted by molar-refractivity contribution is 6.08. The van der Waals surface area contributed by atoms with E-state index in [-0.39, 0.29) is 11.8 Å². The Balaban J connectivity index is 1.43. The maximum Gasteiger partial charge on any atom is 0.337 e. The van der Waals surface area contributed by atoms with Crippen LogP contribution in [-0.4, -0.2) is 58.8 Å². The molecule has 36 heavy (non-hydrogen) atoms. The van der Waals surface area contributed by atoms with Crippen LogP contribution in [0.4, 0.5) is 0 Å². The van der Waals surface area contributed by atoms with E-state index in [2.05, 4.69) is 0 Å². The number of nitrogens with zero attached hydrogens (tertiary/aromatic N) is 2. The van der Waals surface area contributed by atoms with E-state index in [1.807, 2.05) is 23.6 Å². The molecule has 0 bridgehead atoms. The van der Waals surface area contributed by atoms with Gasteiger partial charge in [0.1, 0.15) is 6.04 Å². The summed E-state index contributed by atoms with van der Waals surface area (Å²) in [6, 6.07) is 7.37. The molecule has 2 aliphatic rings. The van der Waals surface area contributed by atoms with Crippen molar-refractivity contribution in [2.24, 2.45) is 11.8 Å².